The predicted octanol–water partition coefficient (Wildman–Crippen LogP) is 2.60. The van der Waals surface area contributed by atoms with Crippen molar-refractivity contribution in [3.8, 4) is 6.07 Å². The number of hydrogen-bond donors (Lipinski definition) is 1. The maximum absolute atomic E-state index is 12.5. The molecular formula is C18H22N2O3. The van der Waals surface area contributed by atoms with Crippen LogP contribution in [0.5, 0.6) is 0 Å². The molecule has 1 fully saturated rings. The minimum absolute atomic E-state index is 0.197. The molecule has 1 N–H and O–H groups in total. The molecular weight excluding hydrogens is 292 g/mol. The summed E-state index contributed by atoms with van der Waals surface area (Å²) in [4.78, 5) is 24.5. The Bertz CT molecular complexity index is 607. The fourth-order valence-corrected chi connectivity index (χ4v) is 3.08. The lowest BCUT2D eigenvalue weighted by molar-refractivity contribution is -0.146. The molecule has 1 saturated carbocycles. The SMILES string of the molecule is COC(=O)[C@@H]1CCCCC[C@H]1NC(=O)c1cccc(CC#N)c1. The van der Waals surface area contributed by atoms with Crippen LogP contribution in [0.1, 0.15) is 48.0 Å². The fraction of sp³-hybridized carbons (Fsp3) is 0.500. The highest BCUT2D eigenvalue weighted by atomic mass is 16.5. The van der Waals surface area contributed by atoms with Gasteiger partial charge in [-0.05, 0) is 30.5 Å². The second-order valence-corrected chi connectivity index (χ2v) is 5.88. The number of nitriles is 1. The van der Waals surface area contributed by atoms with Gasteiger partial charge < -0.3 is 10.1 Å². The molecule has 2 rings (SSSR count). The zero-order valence-electron chi connectivity index (χ0n) is 13.4. The molecule has 0 unspecified atom stereocenters. The average molecular weight is 314 g/mol. The zero-order chi connectivity index (χ0) is 16.7. The van der Waals surface area contributed by atoms with E-state index in [1.807, 2.05) is 6.07 Å². The molecule has 1 amide bonds. The summed E-state index contributed by atoms with van der Waals surface area (Å²) in [6.07, 6.45) is 4.83. The molecule has 5 heteroatoms. The van der Waals surface area contributed by atoms with Crippen molar-refractivity contribution >= 4 is 11.9 Å². The van der Waals surface area contributed by atoms with E-state index in [1.54, 1.807) is 18.2 Å². The molecule has 0 saturated heterocycles. The van der Waals surface area contributed by atoms with Crippen molar-refractivity contribution in [2.24, 2.45) is 5.92 Å². The van der Waals surface area contributed by atoms with Crippen molar-refractivity contribution in [2.75, 3.05) is 7.11 Å². The summed E-state index contributed by atoms with van der Waals surface area (Å²) in [7, 11) is 1.39. The summed E-state index contributed by atoms with van der Waals surface area (Å²) in [6.45, 7) is 0. The fourth-order valence-electron chi connectivity index (χ4n) is 3.08. The number of hydrogen-bond acceptors (Lipinski definition) is 4. The number of carbonyl (C=O) groups excluding carboxylic acids is 2. The number of carbonyl (C=O) groups is 2. The molecule has 1 aliphatic carbocycles. The monoisotopic (exact) mass is 314 g/mol. The molecule has 0 radical (unpaired) electrons. The third-order valence-corrected chi connectivity index (χ3v) is 4.31. The van der Waals surface area contributed by atoms with Gasteiger partial charge in [-0.3, -0.25) is 9.59 Å². The first-order valence-corrected chi connectivity index (χ1v) is 8.00. The van der Waals surface area contributed by atoms with E-state index in [1.165, 1.54) is 7.11 Å². The quantitative estimate of drug-likeness (QED) is 0.684. The normalized spacial score (nSPS) is 20.9. The van der Waals surface area contributed by atoms with Crippen LogP contribution in [-0.4, -0.2) is 25.0 Å². The first kappa shape index (κ1) is 17.0. The van der Waals surface area contributed by atoms with Crippen molar-refractivity contribution in [1.82, 2.24) is 5.32 Å². The number of nitrogens with one attached hydrogen (secondary N) is 1. The number of esters is 1. The standard InChI is InChI=1S/C18H22N2O3/c1-23-18(22)15-8-3-2-4-9-16(15)20-17(21)14-7-5-6-13(12-14)10-11-19/h5-7,12,15-16H,2-4,8-10H2,1H3,(H,20,21)/t15-,16-/m1/s1. The van der Waals surface area contributed by atoms with E-state index >= 15 is 0 Å². The molecule has 1 aliphatic rings. The third kappa shape index (κ3) is 4.56. The first-order chi connectivity index (χ1) is 11.2. The molecule has 2 atom stereocenters. The van der Waals surface area contributed by atoms with Gasteiger partial charge in [-0.1, -0.05) is 31.4 Å². The van der Waals surface area contributed by atoms with Gasteiger partial charge in [-0.25, -0.2) is 0 Å². The van der Waals surface area contributed by atoms with Gasteiger partial charge in [0.25, 0.3) is 5.91 Å². The Morgan fingerprint density at radius 2 is 2.09 bits per heavy atom. The number of rotatable bonds is 4. The highest BCUT2D eigenvalue weighted by molar-refractivity contribution is 5.95. The van der Waals surface area contributed by atoms with E-state index < -0.39 is 0 Å². The molecule has 122 valence electrons. The van der Waals surface area contributed by atoms with Gasteiger partial charge in [0.15, 0.2) is 0 Å². The Balaban J connectivity index is 2.11. The number of nitrogens with zero attached hydrogens (tertiary/aromatic N) is 1. The summed E-state index contributed by atoms with van der Waals surface area (Å²) >= 11 is 0. The molecule has 0 heterocycles. The van der Waals surface area contributed by atoms with Crippen molar-refractivity contribution in [2.45, 2.75) is 44.6 Å². The van der Waals surface area contributed by atoms with E-state index in [4.69, 9.17) is 10.00 Å². The van der Waals surface area contributed by atoms with E-state index in [-0.39, 0.29) is 30.3 Å². The summed E-state index contributed by atoms with van der Waals surface area (Å²) in [5.74, 6) is -0.741. The van der Waals surface area contributed by atoms with Crippen molar-refractivity contribution in [3.63, 3.8) is 0 Å². The number of methoxy groups -OCH3 is 1. The minimum Gasteiger partial charge on any atom is -0.469 e. The number of benzene rings is 1. The van der Waals surface area contributed by atoms with E-state index in [0.717, 1.165) is 37.7 Å². The number of ether oxygens (including phenoxy) is 1. The zero-order valence-corrected chi connectivity index (χ0v) is 13.4. The Morgan fingerprint density at radius 3 is 2.83 bits per heavy atom. The van der Waals surface area contributed by atoms with Crippen LogP contribution in [0.15, 0.2) is 24.3 Å². The van der Waals surface area contributed by atoms with Gasteiger partial charge in [0, 0.05) is 11.6 Å². The molecule has 23 heavy (non-hydrogen) atoms. The van der Waals surface area contributed by atoms with Gasteiger partial charge in [0.1, 0.15) is 0 Å². The third-order valence-electron chi connectivity index (χ3n) is 4.31. The minimum atomic E-state index is -0.284. The Hall–Kier alpha value is -2.35. The molecule has 1 aromatic rings. The van der Waals surface area contributed by atoms with Gasteiger partial charge in [0.05, 0.1) is 25.5 Å². The van der Waals surface area contributed by atoms with Gasteiger partial charge in [-0.15, -0.1) is 0 Å². The van der Waals surface area contributed by atoms with Crippen LogP contribution in [-0.2, 0) is 16.0 Å². The van der Waals surface area contributed by atoms with Crippen LogP contribution in [0.2, 0.25) is 0 Å². The summed E-state index contributed by atoms with van der Waals surface area (Å²) in [5, 5.41) is 11.7. The smallest absolute Gasteiger partial charge is 0.310 e. The lowest BCUT2D eigenvalue weighted by Gasteiger charge is -2.24. The van der Waals surface area contributed by atoms with E-state index in [2.05, 4.69) is 11.4 Å². The molecule has 0 bridgehead atoms. The van der Waals surface area contributed by atoms with Crippen LogP contribution in [0, 0.1) is 17.2 Å². The lowest BCUT2D eigenvalue weighted by Crippen LogP contribution is -2.43. The van der Waals surface area contributed by atoms with Gasteiger partial charge >= 0.3 is 5.97 Å². The highest BCUT2D eigenvalue weighted by Crippen LogP contribution is 2.25. The first-order valence-electron chi connectivity index (χ1n) is 8.00. The number of amides is 1. The Morgan fingerprint density at radius 1 is 1.30 bits per heavy atom. The topological polar surface area (TPSA) is 79.2 Å². The lowest BCUT2D eigenvalue weighted by atomic mass is 9.94. The van der Waals surface area contributed by atoms with Crippen LogP contribution in [0.4, 0.5) is 0 Å². The van der Waals surface area contributed by atoms with Crippen LogP contribution in [0.3, 0.4) is 0 Å². The Kier molecular flexibility index (Phi) is 6.16. The van der Waals surface area contributed by atoms with Crippen LogP contribution >= 0.6 is 0 Å². The van der Waals surface area contributed by atoms with Gasteiger partial charge in [0.2, 0.25) is 0 Å². The van der Waals surface area contributed by atoms with Crippen molar-refractivity contribution in [3.05, 3.63) is 35.4 Å². The maximum atomic E-state index is 12.5. The van der Waals surface area contributed by atoms with E-state index in [9.17, 15) is 9.59 Å². The van der Waals surface area contributed by atoms with Crippen molar-refractivity contribution < 1.29 is 14.3 Å². The molecule has 0 aliphatic heterocycles. The molecule has 0 aromatic heterocycles. The van der Waals surface area contributed by atoms with Crippen LogP contribution < -0.4 is 5.32 Å². The second kappa shape index (κ2) is 8.33. The van der Waals surface area contributed by atoms with Crippen LogP contribution in [0.25, 0.3) is 0 Å². The highest BCUT2D eigenvalue weighted by Gasteiger charge is 2.31. The largest absolute Gasteiger partial charge is 0.469 e. The summed E-state index contributed by atoms with van der Waals surface area (Å²) < 4.78 is 4.89. The summed E-state index contributed by atoms with van der Waals surface area (Å²) in [6, 6.07) is 8.92. The maximum Gasteiger partial charge on any atom is 0.310 e. The molecule has 1 aromatic carbocycles. The average Bonchev–Trinajstić information content (AvgIpc) is 2.80. The van der Waals surface area contributed by atoms with Crippen molar-refractivity contribution in [1.29, 1.82) is 5.26 Å². The van der Waals surface area contributed by atoms with E-state index in [0.29, 0.717) is 5.56 Å². The molecule has 5 nitrogen and oxygen atoms in total. The Labute approximate surface area is 136 Å². The second-order valence-electron chi connectivity index (χ2n) is 5.88. The molecule has 0 spiro atoms. The van der Waals surface area contributed by atoms with Gasteiger partial charge in [-0.2, -0.15) is 5.26 Å². The predicted molar refractivity (Wildman–Crippen MR) is 85.6 cm³/mol. The summed E-state index contributed by atoms with van der Waals surface area (Å²) in [5.41, 5.74) is 1.33.